The summed E-state index contributed by atoms with van der Waals surface area (Å²) in [5.41, 5.74) is 9.99. The molecule has 0 radical (unpaired) electrons. The normalized spacial score (nSPS) is 9.82. The van der Waals surface area contributed by atoms with E-state index in [1.54, 1.807) is 0 Å². The summed E-state index contributed by atoms with van der Waals surface area (Å²) in [6.07, 6.45) is 1.37. The average molecular weight is 222 g/mol. The molecule has 0 aromatic heterocycles. The summed E-state index contributed by atoms with van der Waals surface area (Å²) in [5.74, 6) is 0. The number of benzene rings is 2. The van der Waals surface area contributed by atoms with Crippen LogP contribution in [0.5, 0.6) is 0 Å². The van der Waals surface area contributed by atoms with Crippen LogP contribution in [-0.2, 0) is 12.8 Å². The van der Waals surface area contributed by atoms with Gasteiger partial charge in [-0.25, -0.2) is 0 Å². The van der Waals surface area contributed by atoms with E-state index in [1.165, 1.54) is 11.1 Å². The van der Waals surface area contributed by atoms with E-state index < -0.39 is 0 Å². The lowest BCUT2D eigenvalue weighted by Crippen LogP contribution is -1.90. The van der Waals surface area contributed by atoms with Crippen LogP contribution >= 0.6 is 0 Å². The highest BCUT2D eigenvalue weighted by Gasteiger charge is 1.97. The van der Waals surface area contributed by atoms with E-state index >= 15 is 0 Å². The topological polar surface area (TPSA) is 49.8 Å². The second-order valence-corrected chi connectivity index (χ2v) is 4.07. The molecule has 2 N–H and O–H groups in total. The molecule has 2 heteroatoms. The fourth-order valence-electron chi connectivity index (χ4n) is 1.74. The van der Waals surface area contributed by atoms with E-state index in [4.69, 9.17) is 11.0 Å². The molecule has 0 amide bonds. The van der Waals surface area contributed by atoms with Crippen LogP contribution in [0, 0.1) is 11.3 Å². The minimum Gasteiger partial charge on any atom is -0.399 e. The lowest BCUT2D eigenvalue weighted by atomic mass is 10.0. The smallest absolute Gasteiger partial charge is 0.0669 e. The molecular weight excluding hydrogens is 208 g/mol. The molecule has 0 aliphatic carbocycles. The van der Waals surface area contributed by atoms with Gasteiger partial charge in [0.1, 0.15) is 0 Å². The molecule has 0 fully saturated rings. The first kappa shape index (κ1) is 11.2. The number of nitrogen functional groups attached to an aromatic ring is 1. The highest BCUT2D eigenvalue weighted by atomic mass is 14.5. The van der Waals surface area contributed by atoms with Crippen LogP contribution in [0.3, 0.4) is 0 Å². The number of nitrogens with zero attached hydrogens (tertiary/aromatic N) is 1. The van der Waals surface area contributed by atoms with Gasteiger partial charge in [-0.05, 0) is 35.2 Å². The molecule has 84 valence electrons. The standard InChI is InChI=1S/C15H14N2/c16-10-9-12-1-3-13(4-2-12)11-14-5-7-15(17)8-6-14/h1-8H,9,11,17H2. The van der Waals surface area contributed by atoms with Gasteiger partial charge in [0.05, 0.1) is 12.5 Å². The van der Waals surface area contributed by atoms with Crippen molar-refractivity contribution in [3.8, 4) is 6.07 Å². The van der Waals surface area contributed by atoms with Gasteiger partial charge in [-0.3, -0.25) is 0 Å². The van der Waals surface area contributed by atoms with Crippen LogP contribution in [0.25, 0.3) is 0 Å². The van der Waals surface area contributed by atoms with Gasteiger partial charge in [0.25, 0.3) is 0 Å². The minimum absolute atomic E-state index is 0.474. The molecule has 0 aliphatic rings. The van der Waals surface area contributed by atoms with E-state index in [1.807, 2.05) is 36.4 Å². The molecule has 0 saturated heterocycles. The molecule has 0 heterocycles. The second kappa shape index (κ2) is 5.18. The second-order valence-electron chi connectivity index (χ2n) is 4.07. The first-order chi connectivity index (χ1) is 8.28. The maximum atomic E-state index is 8.59. The number of anilines is 1. The lowest BCUT2D eigenvalue weighted by Gasteiger charge is -2.03. The molecule has 17 heavy (non-hydrogen) atoms. The van der Waals surface area contributed by atoms with Crippen LogP contribution in [0.1, 0.15) is 16.7 Å². The zero-order chi connectivity index (χ0) is 12.1. The number of hydrogen-bond donors (Lipinski definition) is 1. The van der Waals surface area contributed by atoms with Crippen molar-refractivity contribution in [2.24, 2.45) is 0 Å². The highest BCUT2D eigenvalue weighted by Crippen LogP contribution is 2.12. The molecule has 2 aromatic rings. The first-order valence-electron chi connectivity index (χ1n) is 5.57. The predicted octanol–water partition coefficient (Wildman–Crippen LogP) is 2.93. The Bertz CT molecular complexity index is 518. The highest BCUT2D eigenvalue weighted by molar-refractivity contribution is 5.40. The quantitative estimate of drug-likeness (QED) is 0.812. The van der Waals surface area contributed by atoms with Gasteiger partial charge in [-0.15, -0.1) is 0 Å². The Labute approximate surface area is 101 Å². The summed E-state index contributed by atoms with van der Waals surface area (Å²) < 4.78 is 0. The third-order valence-electron chi connectivity index (χ3n) is 2.69. The van der Waals surface area contributed by atoms with Crippen LogP contribution in [-0.4, -0.2) is 0 Å². The first-order valence-corrected chi connectivity index (χ1v) is 5.57. The Kier molecular flexibility index (Phi) is 3.42. The van der Waals surface area contributed by atoms with E-state index in [2.05, 4.69) is 18.2 Å². The van der Waals surface area contributed by atoms with E-state index in [-0.39, 0.29) is 0 Å². The predicted molar refractivity (Wildman–Crippen MR) is 69.4 cm³/mol. The van der Waals surface area contributed by atoms with E-state index in [9.17, 15) is 0 Å². The van der Waals surface area contributed by atoms with Gasteiger partial charge in [-0.2, -0.15) is 5.26 Å². The maximum Gasteiger partial charge on any atom is 0.0669 e. The molecule has 0 spiro atoms. The van der Waals surface area contributed by atoms with Crippen molar-refractivity contribution >= 4 is 5.69 Å². The Morgan fingerprint density at radius 3 is 1.82 bits per heavy atom. The Hall–Kier alpha value is -2.27. The summed E-state index contributed by atoms with van der Waals surface area (Å²) in [6.45, 7) is 0. The number of nitriles is 1. The van der Waals surface area contributed by atoms with Crippen molar-refractivity contribution in [1.82, 2.24) is 0 Å². The summed E-state index contributed by atoms with van der Waals surface area (Å²) in [4.78, 5) is 0. The van der Waals surface area contributed by atoms with Gasteiger partial charge in [-0.1, -0.05) is 36.4 Å². The van der Waals surface area contributed by atoms with Crippen molar-refractivity contribution in [2.45, 2.75) is 12.8 Å². The molecular formula is C15H14N2. The van der Waals surface area contributed by atoms with E-state index in [0.717, 1.165) is 17.7 Å². The fourth-order valence-corrected chi connectivity index (χ4v) is 1.74. The van der Waals surface area contributed by atoms with Crippen LogP contribution in [0.15, 0.2) is 48.5 Å². The molecule has 2 nitrogen and oxygen atoms in total. The lowest BCUT2D eigenvalue weighted by molar-refractivity contribution is 1.17. The minimum atomic E-state index is 0.474. The number of nitrogens with two attached hydrogens (primary N) is 1. The number of hydrogen-bond acceptors (Lipinski definition) is 2. The molecule has 2 aromatic carbocycles. The molecule has 0 aliphatic heterocycles. The molecule has 0 atom stereocenters. The van der Waals surface area contributed by atoms with Crippen LogP contribution in [0.2, 0.25) is 0 Å². The van der Waals surface area contributed by atoms with Gasteiger partial charge < -0.3 is 5.73 Å². The molecule has 0 unspecified atom stereocenters. The van der Waals surface area contributed by atoms with Crippen molar-refractivity contribution in [2.75, 3.05) is 5.73 Å². The average Bonchev–Trinajstić information content (AvgIpc) is 2.35. The van der Waals surface area contributed by atoms with E-state index in [0.29, 0.717) is 6.42 Å². The van der Waals surface area contributed by atoms with Gasteiger partial charge in [0, 0.05) is 5.69 Å². The van der Waals surface area contributed by atoms with Crippen molar-refractivity contribution in [3.05, 3.63) is 65.2 Å². The van der Waals surface area contributed by atoms with Crippen molar-refractivity contribution < 1.29 is 0 Å². The molecule has 0 saturated carbocycles. The number of rotatable bonds is 3. The van der Waals surface area contributed by atoms with Crippen LogP contribution in [0.4, 0.5) is 5.69 Å². The Morgan fingerprint density at radius 2 is 1.29 bits per heavy atom. The van der Waals surface area contributed by atoms with Crippen molar-refractivity contribution in [1.29, 1.82) is 5.26 Å². The Balaban J connectivity index is 2.09. The maximum absolute atomic E-state index is 8.59. The Morgan fingerprint density at radius 1 is 0.824 bits per heavy atom. The SMILES string of the molecule is N#CCc1ccc(Cc2ccc(N)cc2)cc1. The summed E-state index contributed by atoms with van der Waals surface area (Å²) in [5, 5.41) is 8.59. The van der Waals surface area contributed by atoms with Gasteiger partial charge >= 0.3 is 0 Å². The summed E-state index contributed by atoms with van der Waals surface area (Å²) in [7, 11) is 0. The zero-order valence-electron chi connectivity index (χ0n) is 9.56. The van der Waals surface area contributed by atoms with Gasteiger partial charge in [0.2, 0.25) is 0 Å². The van der Waals surface area contributed by atoms with Crippen molar-refractivity contribution in [3.63, 3.8) is 0 Å². The summed E-state index contributed by atoms with van der Waals surface area (Å²) in [6, 6.07) is 18.2. The molecule has 2 rings (SSSR count). The zero-order valence-corrected chi connectivity index (χ0v) is 9.56. The third-order valence-corrected chi connectivity index (χ3v) is 2.69. The third kappa shape index (κ3) is 3.09. The van der Waals surface area contributed by atoms with Crippen LogP contribution < -0.4 is 5.73 Å². The largest absolute Gasteiger partial charge is 0.399 e. The summed E-state index contributed by atoms with van der Waals surface area (Å²) >= 11 is 0. The fraction of sp³-hybridized carbons (Fsp3) is 0.133. The van der Waals surface area contributed by atoms with Gasteiger partial charge in [0.15, 0.2) is 0 Å². The molecule has 0 bridgehead atoms. The monoisotopic (exact) mass is 222 g/mol.